The van der Waals surface area contributed by atoms with Gasteiger partial charge in [0.25, 0.3) is 0 Å². The first-order valence-electron chi connectivity index (χ1n) is 6.47. The van der Waals surface area contributed by atoms with E-state index < -0.39 is 10.9 Å². The Labute approximate surface area is 129 Å². The van der Waals surface area contributed by atoms with Crippen molar-refractivity contribution in [2.75, 3.05) is 7.11 Å². The van der Waals surface area contributed by atoms with E-state index in [0.717, 1.165) is 0 Å². The van der Waals surface area contributed by atoms with Crippen molar-refractivity contribution >= 4 is 23.6 Å². The summed E-state index contributed by atoms with van der Waals surface area (Å²) in [5.41, 5.74) is 0.106. The molecule has 8 nitrogen and oxygen atoms in total. The molecular weight excluding hydrogens is 304 g/mol. The molecule has 2 heterocycles. The summed E-state index contributed by atoms with van der Waals surface area (Å²) in [6.45, 7) is 0. The SMILES string of the molecule is COc1ccc(C2=NC(=Cc3ccco3)C(=O)O2)cc1[N+](=O)[O-]. The van der Waals surface area contributed by atoms with Crippen molar-refractivity contribution in [1.82, 2.24) is 0 Å². The lowest BCUT2D eigenvalue weighted by Crippen LogP contribution is -2.06. The van der Waals surface area contributed by atoms with Crippen LogP contribution in [0.4, 0.5) is 5.69 Å². The number of nitro benzene ring substituents is 1. The average Bonchev–Trinajstić information content (AvgIpc) is 3.17. The molecule has 0 fully saturated rings. The van der Waals surface area contributed by atoms with Gasteiger partial charge in [-0.05, 0) is 24.3 Å². The predicted molar refractivity (Wildman–Crippen MR) is 79.0 cm³/mol. The van der Waals surface area contributed by atoms with Crippen molar-refractivity contribution in [1.29, 1.82) is 0 Å². The summed E-state index contributed by atoms with van der Waals surface area (Å²) in [5, 5.41) is 11.0. The van der Waals surface area contributed by atoms with Crippen LogP contribution in [0.25, 0.3) is 6.08 Å². The fourth-order valence-electron chi connectivity index (χ4n) is 2.01. The second kappa shape index (κ2) is 5.76. The average molecular weight is 314 g/mol. The number of esters is 1. The van der Waals surface area contributed by atoms with Crippen LogP contribution in [-0.2, 0) is 9.53 Å². The number of ether oxygens (including phenoxy) is 2. The lowest BCUT2D eigenvalue weighted by Gasteiger charge is -2.03. The van der Waals surface area contributed by atoms with Crippen molar-refractivity contribution in [3.63, 3.8) is 0 Å². The Morgan fingerprint density at radius 2 is 2.17 bits per heavy atom. The van der Waals surface area contributed by atoms with Gasteiger partial charge in [-0.1, -0.05) is 0 Å². The second-order valence-electron chi connectivity index (χ2n) is 4.50. The highest BCUT2D eigenvalue weighted by atomic mass is 16.6. The first-order chi connectivity index (χ1) is 11.1. The monoisotopic (exact) mass is 314 g/mol. The smallest absolute Gasteiger partial charge is 0.363 e. The van der Waals surface area contributed by atoms with Gasteiger partial charge >= 0.3 is 11.7 Å². The number of carbonyl (C=O) groups is 1. The van der Waals surface area contributed by atoms with Gasteiger partial charge in [-0.3, -0.25) is 10.1 Å². The number of hydrogen-bond donors (Lipinski definition) is 0. The topological polar surface area (TPSA) is 104 Å². The Morgan fingerprint density at radius 1 is 1.35 bits per heavy atom. The van der Waals surface area contributed by atoms with E-state index in [2.05, 4.69) is 4.99 Å². The first kappa shape index (κ1) is 14.5. The molecule has 0 unspecified atom stereocenters. The number of rotatable bonds is 4. The van der Waals surface area contributed by atoms with Gasteiger partial charge in [0.05, 0.1) is 18.3 Å². The van der Waals surface area contributed by atoms with Crippen LogP contribution >= 0.6 is 0 Å². The number of carbonyl (C=O) groups excluding carboxylic acids is 1. The predicted octanol–water partition coefficient (Wildman–Crippen LogP) is 2.54. The fraction of sp³-hybridized carbons (Fsp3) is 0.0667. The van der Waals surface area contributed by atoms with Crippen molar-refractivity contribution in [3.05, 3.63) is 63.7 Å². The molecule has 1 aliphatic rings. The molecule has 0 spiro atoms. The molecule has 0 amide bonds. The molecule has 8 heteroatoms. The maximum atomic E-state index is 11.8. The maximum absolute atomic E-state index is 11.8. The van der Waals surface area contributed by atoms with E-state index in [1.54, 1.807) is 12.1 Å². The Bertz CT molecular complexity index is 836. The minimum absolute atomic E-state index is 0.0152. The molecule has 1 aliphatic heterocycles. The molecule has 116 valence electrons. The Hall–Kier alpha value is -3.42. The molecule has 1 aromatic heterocycles. The summed E-state index contributed by atoms with van der Waals surface area (Å²) in [6, 6.07) is 7.50. The van der Waals surface area contributed by atoms with Crippen molar-refractivity contribution in [2.45, 2.75) is 0 Å². The van der Waals surface area contributed by atoms with Crippen LogP contribution < -0.4 is 4.74 Å². The van der Waals surface area contributed by atoms with Crippen molar-refractivity contribution in [3.8, 4) is 5.75 Å². The molecule has 0 radical (unpaired) electrons. The number of nitrogens with zero attached hydrogens (tertiary/aromatic N) is 2. The van der Waals surface area contributed by atoms with Crippen LogP contribution in [0, 0.1) is 10.1 Å². The van der Waals surface area contributed by atoms with E-state index in [1.165, 1.54) is 37.6 Å². The lowest BCUT2D eigenvalue weighted by molar-refractivity contribution is -0.385. The molecule has 0 saturated carbocycles. The van der Waals surface area contributed by atoms with Crippen LogP contribution in [0.3, 0.4) is 0 Å². The van der Waals surface area contributed by atoms with Gasteiger partial charge in [0.2, 0.25) is 5.90 Å². The third-order valence-electron chi connectivity index (χ3n) is 3.07. The molecule has 0 atom stereocenters. The highest BCUT2D eigenvalue weighted by Gasteiger charge is 2.26. The van der Waals surface area contributed by atoms with Crippen LogP contribution in [0.5, 0.6) is 5.75 Å². The summed E-state index contributed by atoms with van der Waals surface area (Å²) in [6.07, 6.45) is 2.89. The Balaban J connectivity index is 1.98. The molecule has 1 aromatic carbocycles. The minimum Gasteiger partial charge on any atom is -0.490 e. The summed E-state index contributed by atoms with van der Waals surface area (Å²) < 4.78 is 15.1. The van der Waals surface area contributed by atoms with Crippen LogP contribution in [0.1, 0.15) is 11.3 Å². The number of benzene rings is 1. The van der Waals surface area contributed by atoms with Gasteiger partial charge in [0.15, 0.2) is 11.4 Å². The van der Waals surface area contributed by atoms with Gasteiger partial charge < -0.3 is 13.9 Å². The van der Waals surface area contributed by atoms with Gasteiger partial charge in [0.1, 0.15) is 5.76 Å². The standard InChI is InChI=1S/C15H10N2O6/c1-21-13-5-4-9(7-12(13)17(19)20)14-16-11(15(18)23-14)8-10-3-2-6-22-10/h2-8H,1H3. The molecule has 0 saturated heterocycles. The minimum atomic E-state index is -0.658. The Kier molecular flexibility index (Phi) is 3.63. The van der Waals surface area contributed by atoms with Crippen molar-refractivity contribution in [2.24, 2.45) is 4.99 Å². The summed E-state index contributed by atoms with van der Waals surface area (Å²) in [4.78, 5) is 26.3. The Morgan fingerprint density at radius 3 is 2.83 bits per heavy atom. The first-order valence-corrected chi connectivity index (χ1v) is 6.47. The summed E-state index contributed by atoms with van der Waals surface area (Å²) in [5.74, 6) is -0.119. The number of hydrogen-bond acceptors (Lipinski definition) is 7. The zero-order valence-corrected chi connectivity index (χ0v) is 11.9. The quantitative estimate of drug-likeness (QED) is 0.372. The zero-order chi connectivity index (χ0) is 16.4. The fourth-order valence-corrected chi connectivity index (χ4v) is 2.01. The van der Waals surface area contributed by atoms with E-state index in [9.17, 15) is 14.9 Å². The number of furan rings is 1. The van der Waals surface area contributed by atoms with E-state index in [0.29, 0.717) is 11.3 Å². The van der Waals surface area contributed by atoms with E-state index in [-0.39, 0.29) is 23.0 Å². The van der Waals surface area contributed by atoms with Crippen molar-refractivity contribution < 1.29 is 23.6 Å². The second-order valence-corrected chi connectivity index (χ2v) is 4.50. The molecule has 23 heavy (non-hydrogen) atoms. The largest absolute Gasteiger partial charge is 0.490 e. The van der Waals surface area contributed by atoms with Gasteiger partial charge in [0, 0.05) is 17.7 Å². The highest BCUT2D eigenvalue weighted by molar-refractivity contribution is 6.13. The van der Waals surface area contributed by atoms with E-state index in [1.807, 2.05) is 0 Å². The maximum Gasteiger partial charge on any atom is 0.363 e. The third kappa shape index (κ3) is 2.82. The van der Waals surface area contributed by atoms with Crippen LogP contribution in [-0.4, -0.2) is 23.9 Å². The van der Waals surface area contributed by atoms with E-state index >= 15 is 0 Å². The van der Waals surface area contributed by atoms with Gasteiger partial charge in [-0.25, -0.2) is 9.79 Å². The number of aliphatic imine (C=N–C) groups is 1. The molecule has 0 bridgehead atoms. The molecule has 0 N–H and O–H groups in total. The van der Waals surface area contributed by atoms with Gasteiger partial charge in [-0.2, -0.15) is 0 Å². The summed E-state index contributed by atoms with van der Waals surface area (Å²) >= 11 is 0. The van der Waals surface area contributed by atoms with Crippen LogP contribution in [0.15, 0.2) is 51.7 Å². The third-order valence-corrected chi connectivity index (χ3v) is 3.07. The van der Waals surface area contributed by atoms with Gasteiger partial charge in [-0.15, -0.1) is 0 Å². The lowest BCUT2D eigenvalue weighted by atomic mass is 10.2. The van der Waals surface area contributed by atoms with Crippen LogP contribution in [0.2, 0.25) is 0 Å². The number of cyclic esters (lactones) is 1. The molecule has 2 aromatic rings. The molecular formula is C15H10N2O6. The number of nitro groups is 1. The normalized spacial score (nSPS) is 15.4. The molecule has 0 aliphatic carbocycles. The van der Waals surface area contributed by atoms with E-state index in [4.69, 9.17) is 13.9 Å². The summed E-state index contributed by atoms with van der Waals surface area (Å²) in [7, 11) is 1.33. The highest BCUT2D eigenvalue weighted by Crippen LogP contribution is 2.29. The zero-order valence-electron chi connectivity index (χ0n) is 11.9. The molecule has 3 rings (SSSR count). The number of methoxy groups -OCH3 is 1.